The van der Waals surface area contributed by atoms with Crippen LogP contribution < -0.4 is 10.1 Å². The predicted molar refractivity (Wildman–Crippen MR) is 126 cm³/mol. The summed E-state index contributed by atoms with van der Waals surface area (Å²) in [4.78, 5) is 12.8. The molecule has 0 aromatic heterocycles. The molecule has 0 spiro atoms. The van der Waals surface area contributed by atoms with Crippen molar-refractivity contribution in [1.82, 2.24) is 4.31 Å². The average molecular weight is 473 g/mol. The van der Waals surface area contributed by atoms with E-state index < -0.39 is 15.9 Å². The molecule has 0 unspecified atom stereocenters. The molecule has 8 heteroatoms. The Morgan fingerprint density at radius 2 is 1.72 bits per heavy atom. The van der Waals surface area contributed by atoms with Gasteiger partial charge in [-0.05, 0) is 61.4 Å². The monoisotopic (exact) mass is 472 g/mol. The van der Waals surface area contributed by atoms with Crippen molar-refractivity contribution in [2.75, 3.05) is 18.5 Å². The summed E-state index contributed by atoms with van der Waals surface area (Å²) in [5, 5.41) is 3.25. The van der Waals surface area contributed by atoms with Gasteiger partial charge < -0.3 is 10.1 Å². The first kappa shape index (κ1) is 23.8. The largest absolute Gasteiger partial charge is 0.494 e. The van der Waals surface area contributed by atoms with E-state index in [2.05, 4.69) is 5.32 Å². The molecule has 168 valence electrons. The molecule has 0 aliphatic heterocycles. The molecule has 0 bridgehead atoms. The van der Waals surface area contributed by atoms with Crippen LogP contribution in [-0.4, -0.2) is 31.8 Å². The Hall–Kier alpha value is -2.87. The number of nitrogens with one attached hydrogen (secondary N) is 1. The van der Waals surface area contributed by atoms with Gasteiger partial charge in [-0.15, -0.1) is 0 Å². The molecular weight excluding hydrogens is 448 g/mol. The number of halogens is 1. The zero-order valence-electron chi connectivity index (χ0n) is 17.9. The molecule has 3 rings (SSSR count). The van der Waals surface area contributed by atoms with E-state index in [1.807, 2.05) is 44.2 Å². The number of hydrogen-bond donors (Lipinski definition) is 1. The third-order valence-corrected chi connectivity index (χ3v) is 6.96. The minimum atomic E-state index is -3.94. The van der Waals surface area contributed by atoms with Crippen LogP contribution in [0.25, 0.3) is 0 Å². The van der Waals surface area contributed by atoms with Crippen LogP contribution in [0.15, 0.2) is 77.7 Å². The third-order valence-electron chi connectivity index (χ3n) is 4.75. The Kier molecular flexibility index (Phi) is 7.90. The lowest BCUT2D eigenvalue weighted by Gasteiger charge is -2.22. The lowest BCUT2D eigenvalue weighted by atomic mass is 10.2. The highest BCUT2D eigenvalue weighted by molar-refractivity contribution is 7.89. The van der Waals surface area contributed by atoms with Gasteiger partial charge in [0.25, 0.3) is 0 Å². The fourth-order valence-corrected chi connectivity index (χ4v) is 4.63. The number of hydrogen-bond acceptors (Lipinski definition) is 4. The SMILES string of the molecule is CCOc1ccc(S(=O)(=O)N(CC(=O)Nc2ccc(C)c(Cl)c2)Cc2ccccc2)cc1. The Morgan fingerprint density at radius 1 is 1.03 bits per heavy atom. The topological polar surface area (TPSA) is 75.7 Å². The van der Waals surface area contributed by atoms with Crippen LogP contribution in [0.5, 0.6) is 5.75 Å². The van der Waals surface area contributed by atoms with Gasteiger partial charge in [0.2, 0.25) is 15.9 Å². The number of nitrogens with zero attached hydrogens (tertiary/aromatic N) is 1. The number of carbonyl (C=O) groups excluding carboxylic acids is 1. The highest BCUT2D eigenvalue weighted by Gasteiger charge is 2.27. The van der Waals surface area contributed by atoms with Crippen LogP contribution in [0.1, 0.15) is 18.1 Å². The second-order valence-electron chi connectivity index (χ2n) is 7.18. The summed E-state index contributed by atoms with van der Waals surface area (Å²) in [5.74, 6) is 0.116. The van der Waals surface area contributed by atoms with Crippen molar-refractivity contribution in [3.8, 4) is 5.75 Å². The highest BCUT2D eigenvalue weighted by Crippen LogP contribution is 2.23. The van der Waals surface area contributed by atoms with Gasteiger partial charge in [0, 0.05) is 17.3 Å². The van der Waals surface area contributed by atoms with E-state index in [4.69, 9.17) is 16.3 Å². The zero-order chi connectivity index (χ0) is 23.1. The number of anilines is 1. The Balaban J connectivity index is 1.85. The van der Waals surface area contributed by atoms with Crippen molar-refractivity contribution in [3.63, 3.8) is 0 Å². The van der Waals surface area contributed by atoms with Crippen molar-refractivity contribution < 1.29 is 17.9 Å². The standard InChI is InChI=1S/C24H25ClN2O4S/c1-3-31-21-11-13-22(14-12-21)32(29,30)27(16-19-7-5-4-6-8-19)17-24(28)26-20-10-9-18(2)23(25)15-20/h4-15H,3,16-17H2,1-2H3,(H,26,28). The summed E-state index contributed by atoms with van der Waals surface area (Å²) in [6.45, 7) is 3.90. The van der Waals surface area contributed by atoms with E-state index in [9.17, 15) is 13.2 Å². The molecule has 0 fully saturated rings. The molecule has 0 atom stereocenters. The van der Waals surface area contributed by atoms with Crippen molar-refractivity contribution in [3.05, 3.63) is 88.9 Å². The van der Waals surface area contributed by atoms with Crippen molar-refractivity contribution in [2.45, 2.75) is 25.3 Å². The van der Waals surface area contributed by atoms with Gasteiger partial charge in [-0.1, -0.05) is 48.0 Å². The van der Waals surface area contributed by atoms with Crippen molar-refractivity contribution in [2.24, 2.45) is 0 Å². The molecule has 3 aromatic carbocycles. The second kappa shape index (κ2) is 10.6. The van der Waals surface area contributed by atoms with Gasteiger partial charge in [-0.25, -0.2) is 8.42 Å². The highest BCUT2D eigenvalue weighted by atomic mass is 35.5. The lowest BCUT2D eigenvalue weighted by Crippen LogP contribution is -2.37. The van der Waals surface area contributed by atoms with Gasteiger partial charge in [0.1, 0.15) is 5.75 Å². The fourth-order valence-electron chi connectivity index (χ4n) is 3.07. The van der Waals surface area contributed by atoms with E-state index in [1.54, 1.807) is 30.3 Å². The first-order chi connectivity index (χ1) is 15.3. The summed E-state index contributed by atoms with van der Waals surface area (Å²) in [7, 11) is -3.94. The van der Waals surface area contributed by atoms with Gasteiger partial charge >= 0.3 is 0 Å². The summed E-state index contributed by atoms with van der Waals surface area (Å²) in [6.07, 6.45) is 0. The van der Waals surface area contributed by atoms with E-state index in [0.717, 1.165) is 15.4 Å². The number of amides is 1. The zero-order valence-corrected chi connectivity index (χ0v) is 19.5. The molecule has 0 saturated carbocycles. The van der Waals surface area contributed by atoms with Crippen LogP contribution in [0, 0.1) is 6.92 Å². The molecule has 0 heterocycles. The third kappa shape index (κ3) is 6.09. The summed E-state index contributed by atoms with van der Waals surface area (Å²) in [5.41, 5.74) is 2.16. The van der Waals surface area contributed by atoms with Crippen LogP contribution in [0.4, 0.5) is 5.69 Å². The lowest BCUT2D eigenvalue weighted by molar-refractivity contribution is -0.116. The van der Waals surface area contributed by atoms with E-state index in [0.29, 0.717) is 23.1 Å². The van der Waals surface area contributed by atoms with Gasteiger partial charge in [-0.2, -0.15) is 4.31 Å². The number of carbonyl (C=O) groups is 1. The fraction of sp³-hybridized carbons (Fsp3) is 0.208. The van der Waals surface area contributed by atoms with Crippen LogP contribution >= 0.6 is 11.6 Å². The summed E-state index contributed by atoms with van der Waals surface area (Å²) in [6, 6.07) is 20.5. The maximum absolute atomic E-state index is 13.4. The normalized spacial score (nSPS) is 11.4. The number of aryl methyl sites for hydroxylation is 1. The van der Waals surface area contributed by atoms with Gasteiger partial charge in [0.15, 0.2) is 0 Å². The number of ether oxygens (including phenoxy) is 1. The summed E-state index contributed by atoms with van der Waals surface area (Å²) >= 11 is 6.13. The Bertz CT molecular complexity index is 1170. The van der Waals surface area contributed by atoms with Crippen LogP contribution in [0.3, 0.4) is 0 Å². The molecule has 6 nitrogen and oxygen atoms in total. The van der Waals surface area contributed by atoms with E-state index in [1.165, 1.54) is 12.1 Å². The Morgan fingerprint density at radius 3 is 2.34 bits per heavy atom. The van der Waals surface area contributed by atoms with E-state index in [-0.39, 0.29) is 18.0 Å². The minimum absolute atomic E-state index is 0.0540. The smallest absolute Gasteiger partial charge is 0.243 e. The first-order valence-electron chi connectivity index (χ1n) is 10.1. The molecule has 1 amide bonds. The molecule has 0 aliphatic carbocycles. The van der Waals surface area contributed by atoms with Gasteiger partial charge in [0.05, 0.1) is 18.0 Å². The van der Waals surface area contributed by atoms with Crippen LogP contribution in [0.2, 0.25) is 5.02 Å². The second-order valence-corrected chi connectivity index (χ2v) is 9.52. The average Bonchev–Trinajstić information content (AvgIpc) is 2.77. The molecule has 0 radical (unpaired) electrons. The predicted octanol–water partition coefficient (Wildman–Crippen LogP) is 4.88. The summed E-state index contributed by atoms with van der Waals surface area (Å²) < 4.78 is 33.3. The minimum Gasteiger partial charge on any atom is -0.494 e. The molecule has 1 N–H and O–H groups in total. The molecule has 3 aromatic rings. The maximum atomic E-state index is 13.4. The molecule has 0 aliphatic rings. The van der Waals surface area contributed by atoms with Crippen LogP contribution in [-0.2, 0) is 21.4 Å². The van der Waals surface area contributed by atoms with Crippen molar-refractivity contribution in [1.29, 1.82) is 0 Å². The molecular formula is C24H25ClN2O4S. The maximum Gasteiger partial charge on any atom is 0.243 e. The first-order valence-corrected chi connectivity index (χ1v) is 11.9. The molecule has 0 saturated heterocycles. The quantitative estimate of drug-likeness (QED) is 0.481. The van der Waals surface area contributed by atoms with Crippen molar-refractivity contribution >= 4 is 33.2 Å². The Labute approximate surface area is 193 Å². The number of rotatable bonds is 9. The number of sulfonamides is 1. The van der Waals surface area contributed by atoms with Gasteiger partial charge in [-0.3, -0.25) is 4.79 Å². The molecule has 32 heavy (non-hydrogen) atoms. The van der Waals surface area contributed by atoms with E-state index >= 15 is 0 Å². The number of benzene rings is 3.